The van der Waals surface area contributed by atoms with Gasteiger partial charge in [-0.05, 0) is 42.0 Å². The van der Waals surface area contributed by atoms with Gasteiger partial charge in [0.1, 0.15) is 23.0 Å². The van der Waals surface area contributed by atoms with Crippen molar-refractivity contribution in [2.75, 3.05) is 6.61 Å². The fourth-order valence-electron chi connectivity index (χ4n) is 3.68. The second-order valence-electron chi connectivity index (χ2n) is 8.28. The maximum absolute atomic E-state index is 11.3. The van der Waals surface area contributed by atoms with E-state index in [9.17, 15) is 49.0 Å². The molecule has 0 aliphatic heterocycles. The van der Waals surface area contributed by atoms with Crippen molar-refractivity contribution in [3.63, 3.8) is 0 Å². The van der Waals surface area contributed by atoms with Gasteiger partial charge < -0.3 is 20.1 Å². The van der Waals surface area contributed by atoms with Crippen LogP contribution in [-0.4, -0.2) is 73.8 Å². The number of hydrogen-bond acceptors (Lipinski definition) is 12. The van der Waals surface area contributed by atoms with Crippen LogP contribution in [0.4, 0.5) is 0 Å². The number of fused-ring (bicyclic) bond motifs is 2. The Morgan fingerprint density at radius 2 is 0.786 bits per heavy atom. The maximum Gasteiger partial charge on any atom is 0.294 e. The van der Waals surface area contributed by atoms with E-state index < -0.39 is 77.3 Å². The lowest BCUT2D eigenvalue weighted by molar-refractivity contribution is 0.342. The average molecular weight is 669 g/mol. The van der Waals surface area contributed by atoms with Gasteiger partial charge >= 0.3 is 0 Å². The molecule has 0 fully saturated rings. The Labute approximate surface area is 238 Å². The van der Waals surface area contributed by atoms with Gasteiger partial charge in [-0.1, -0.05) is 0 Å². The molecule has 4 aromatic carbocycles. The summed E-state index contributed by atoms with van der Waals surface area (Å²) in [5.74, 6) is -1.91. The standard InChI is InChI=1S/C12H12O8S2.C10H8O8S2/c1-2-20-11-6-9(22(17,18)19)4-7-3-8(21(14,15)16)5-10(13)12(7)11;11-8-3-6(19(13,14)15)1-5-2-7(20(16,17)18)4-9(12)10(5)8/h3-6,13H,2H2,1H3,(H,14,15,16)(H,17,18,19);1-4,11-12H,(H,13,14,15)(H,16,17,18). The molecule has 0 saturated heterocycles. The van der Waals surface area contributed by atoms with E-state index in [1.807, 2.05) is 0 Å². The highest BCUT2D eigenvalue weighted by Crippen LogP contribution is 2.38. The lowest BCUT2D eigenvalue weighted by Gasteiger charge is -2.12. The molecule has 0 heterocycles. The van der Waals surface area contributed by atoms with Gasteiger partial charge in [0.05, 0.1) is 37.0 Å². The largest absolute Gasteiger partial charge is 0.507 e. The molecule has 0 saturated carbocycles. The van der Waals surface area contributed by atoms with E-state index in [-0.39, 0.29) is 33.9 Å². The number of phenolic OH excluding ortho intramolecular Hbond substituents is 3. The van der Waals surface area contributed by atoms with Crippen LogP contribution in [0.5, 0.6) is 23.0 Å². The minimum absolute atomic E-state index is 0.0359. The van der Waals surface area contributed by atoms with Gasteiger partial charge in [0.25, 0.3) is 40.5 Å². The van der Waals surface area contributed by atoms with Crippen molar-refractivity contribution in [1.82, 2.24) is 0 Å². The molecule has 20 heteroatoms. The first kappa shape index (κ1) is 32.8. The fourth-order valence-corrected chi connectivity index (χ4v) is 5.82. The van der Waals surface area contributed by atoms with E-state index in [2.05, 4.69) is 0 Å². The molecule has 16 nitrogen and oxygen atoms in total. The van der Waals surface area contributed by atoms with Crippen molar-refractivity contribution in [2.24, 2.45) is 0 Å². The summed E-state index contributed by atoms with van der Waals surface area (Å²) in [5, 5.41) is 28.8. The summed E-state index contributed by atoms with van der Waals surface area (Å²) >= 11 is 0. The Balaban J connectivity index is 0.000000231. The molecular weight excluding hydrogens is 648 g/mol. The molecule has 42 heavy (non-hydrogen) atoms. The molecule has 4 aromatic rings. The van der Waals surface area contributed by atoms with Crippen LogP contribution in [0.15, 0.2) is 68.1 Å². The highest BCUT2D eigenvalue weighted by atomic mass is 32.2. The molecule has 0 atom stereocenters. The minimum Gasteiger partial charge on any atom is -0.507 e. The molecule has 4 rings (SSSR count). The molecule has 0 unspecified atom stereocenters. The molecule has 0 aliphatic carbocycles. The van der Waals surface area contributed by atoms with E-state index in [4.69, 9.17) is 22.9 Å². The third-order valence-corrected chi connectivity index (χ3v) is 8.71. The highest BCUT2D eigenvalue weighted by molar-refractivity contribution is 7.86. The van der Waals surface area contributed by atoms with Crippen molar-refractivity contribution >= 4 is 62.0 Å². The first-order valence-corrected chi connectivity index (χ1v) is 16.6. The van der Waals surface area contributed by atoms with Crippen molar-refractivity contribution in [3.05, 3.63) is 48.5 Å². The van der Waals surface area contributed by atoms with Crippen molar-refractivity contribution in [2.45, 2.75) is 26.5 Å². The summed E-state index contributed by atoms with van der Waals surface area (Å²) in [4.78, 5) is -2.52. The normalized spacial score (nSPS) is 12.6. The topological polar surface area (TPSA) is 287 Å². The molecular formula is C22H20O16S4. The van der Waals surface area contributed by atoms with Crippen LogP contribution in [0.25, 0.3) is 21.5 Å². The van der Waals surface area contributed by atoms with E-state index in [0.29, 0.717) is 12.1 Å². The number of aromatic hydroxyl groups is 3. The van der Waals surface area contributed by atoms with E-state index in [1.165, 1.54) is 0 Å². The zero-order valence-electron chi connectivity index (χ0n) is 20.8. The van der Waals surface area contributed by atoms with E-state index in [0.717, 1.165) is 36.4 Å². The molecule has 228 valence electrons. The van der Waals surface area contributed by atoms with Gasteiger partial charge in [0.2, 0.25) is 0 Å². The Morgan fingerprint density at radius 3 is 1.10 bits per heavy atom. The lowest BCUT2D eigenvalue weighted by atomic mass is 10.1. The second-order valence-corrected chi connectivity index (χ2v) is 14.0. The van der Waals surface area contributed by atoms with E-state index >= 15 is 0 Å². The number of benzene rings is 4. The maximum atomic E-state index is 11.3. The van der Waals surface area contributed by atoms with Crippen molar-refractivity contribution < 1.29 is 71.9 Å². The zero-order valence-corrected chi connectivity index (χ0v) is 24.0. The zero-order chi connectivity index (χ0) is 32.0. The van der Waals surface area contributed by atoms with Crippen LogP contribution < -0.4 is 4.74 Å². The Morgan fingerprint density at radius 1 is 0.500 bits per heavy atom. The van der Waals surface area contributed by atoms with Gasteiger partial charge in [-0.3, -0.25) is 18.2 Å². The average Bonchev–Trinajstić information content (AvgIpc) is 2.81. The van der Waals surface area contributed by atoms with Gasteiger partial charge in [-0.2, -0.15) is 33.7 Å². The Bertz CT molecular complexity index is 2090. The number of ether oxygens (including phenoxy) is 1. The molecule has 0 aliphatic rings. The van der Waals surface area contributed by atoms with Gasteiger partial charge in [0.15, 0.2) is 0 Å². The first-order chi connectivity index (χ1) is 19.0. The third kappa shape index (κ3) is 7.17. The second kappa shape index (κ2) is 11.1. The number of rotatable bonds is 6. The fraction of sp³-hybridized carbons (Fsp3) is 0.0909. The van der Waals surface area contributed by atoms with Gasteiger partial charge in [-0.15, -0.1) is 0 Å². The van der Waals surface area contributed by atoms with Crippen LogP contribution in [-0.2, 0) is 40.5 Å². The van der Waals surface area contributed by atoms with Crippen LogP contribution in [0.2, 0.25) is 0 Å². The molecule has 0 bridgehead atoms. The van der Waals surface area contributed by atoms with Crippen molar-refractivity contribution in [3.8, 4) is 23.0 Å². The quantitative estimate of drug-likeness (QED) is 0.145. The van der Waals surface area contributed by atoms with Crippen molar-refractivity contribution in [1.29, 1.82) is 0 Å². The molecule has 0 amide bonds. The Hall–Kier alpha value is -3.76. The number of hydrogen-bond donors (Lipinski definition) is 7. The summed E-state index contributed by atoms with van der Waals surface area (Å²) in [7, 11) is -18.4. The summed E-state index contributed by atoms with van der Waals surface area (Å²) in [6, 6.07) is 6.83. The summed E-state index contributed by atoms with van der Waals surface area (Å²) in [6.07, 6.45) is 0. The van der Waals surface area contributed by atoms with Crippen LogP contribution in [0, 0.1) is 0 Å². The first-order valence-electron chi connectivity index (χ1n) is 10.9. The lowest BCUT2D eigenvalue weighted by Crippen LogP contribution is -2.02. The SMILES string of the molecule is CCOc1cc(S(=O)(=O)O)cc2cc(S(=O)(=O)O)cc(O)c12.O=S(=O)(O)c1cc(O)c2c(O)cc(S(=O)(=O)O)cc2c1. The molecule has 0 spiro atoms. The predicted octanol–water partition coefficient (Wildman–Crippen LogP) is 2.18. The smallest absolute Gasteiger partial charge is 0.294 e. The van der Waals surface area contributed by atoms with Crippen LogP contribution in [0.1, 0.15) is 6.92 Å². The molecule has 7 N–H and O–H groups in total. The van der Waals surface area contributed by atoms with Gasteiger partial charge in [0, 0.05) is 24.3 Å². The van der Waals surface area contributed by atoms with Crippen LogP contribution in [0.3, 0.4) is 0 Å². The Kier molecular flexibility index (Phi) is 8.69. The van der Waals surface area contributed by atoms with E-state index in [1.54, 1.807) is 6.92 Å². The highest BCUT2D eigenvalue weighted by Gasteiger charge is 2.21. The molecule has 0 aromatic heterocycles. The predicted molar refractivity (Wildman–Crippen MR) is 143 cm³/mol. The number of phenols is 3. The third-order valence-electron chi connectivity index (χ3n) is 5.38. The summed E-state index contributed by atoms with van der Waals surface area (Å²) in [5.41, 5.74) is 0. The summed E-state index contributed by atoms with van der Waals surface area (Å²) in [6.45, 7) is 1.76. The summed E-state index contributed by atoms with van der Waals surface area (Å²) < 4.78 is 130. The molecule has 0 radical (unpaired) electrons. The van der Waals surface area contributed by atoms with Gasteiger partial charge in [-0.25, -0.2) is 0 Å². The monoisotopic (exact) mass is 668 g/mol. The van der Waals surface area contributed by atoms with Crippen LogP contribution >= 0.6 is 0 Å². The minimum atomic E-state index is -4.63.